The Morgan fingerprint density at radius 2 is 1.80 bits per heavy atom. The molecule has 2 aliphatic heterocycles. The molecule has 0 amide bonds. The first-order valence-corrected chi connectivity index (χ1v) is 21.2. The third-order valence-electron chi connectivity index (χ3n) is 7.62. The molecule has 1 N–H and O–H groups in total. The molecule has 4 atom stereocenters. The lowest BCUT2D eigenvalue weighted by molar-refractivity contribution is 0.00336. The predicted octanol–water partition coefficient (Wildman–Crippen LogP) is 5.39. The van der Waals surface area contributed by atoms with E-state index < -0.39 is 36.1 Å². The zero-order valence-electron chi connectivity index (χ0n) is 26.0. The fourth-order valence-electron chi connectivity index (χ4n) is 5.29. The Morgan fingerprint density at radius 1 is 1.07 bits per heavy atom. The van der Waals surface area contributed by atoms with Crippen LogP contribution in [0.2, 0.25) is 30.7 Å². The Balaban J connectivity index is 1.29. The number of benzene rings is 1. The molecule has 2 aliphatic rings. The van der Waals surface area contributed by atoms with Crippen LogP contribution in [0.15, 0.2) is 53.0 Å². The number of halogens is 1. The van der Waals surface area contributed by atoms with E-state index in [-0.39, 0.29) is 26.0 Å². The van der Waals surface area contributed by atoms with Crippen LogP contribution in [0.3, 0.4) is 0 Å². The van der Waals surface area contributed by atoms with Gasteiger partial charge in [-0.15, -0.1) is 0 Å². The van der Waals surface area contributed by atoms with Crippen molar-refractivity contribution in [2.45, 2.75) is 56.8 Å². The second kappa shape index (κ2) is 12.7. The molecule has 0 aliphatic carbocycles. The highest BCUT2D eigenvalue weighted by Crippen LogP contribution is 2.34. The van der Waals surface area contributed by atoms with E-state index in [0.29, 0.717) is 40.2 Å². The Hall–Kier alpha value is -2.91. The van der Waals surface area contributed by atoms with Gasteiger partial charge in [-0.25, -0.2) is 9.19 Å². The Morgan fingerprint density at radius 3 is 2.49 bits per heavy atom. The maximum absolute atomic E-state index is 12.0. The highest BCUT2D eigenvalue weighted by molar-refractivity contribution is 7.92. The molecule has 6 rings (SSSR count). The van der Waals surface area contributed by atoms with Gasteiger partial charge in [-0.1, -0.05) is 55.5 Å². The van der Waals surface area contributed by atoms with Crippen LogP contribution in [-0.4, -0.2) is 93.7 Å². The van der Waals surface area contributed by atoms with Crippen molar-refractivity contribution in [2.75, 3.05) is 32.3 Å². The van der Waals surface area contributed by atoms with Gasteiger partial charge in [0.25, 0.3) is 0 Å². The van der Waals surface area contributed by atoms with Crippen LogP contribution in [-0.2, 0) is 30.7 Å². The van der Waals surface area contributed by atoms with Gasteiger partial charge in [0.2, 0.25) is 0 Å². The molecule has 0 radical (unpaired) electrons. The Bertz CT molecular complexity index is 1800. The number of ether oxygens (including phenoxy) is 4. The van der Waals surface area contributed by atoms with Crippen LogP contribution in [0.1, 0.15) is 0 Å². The van der Waals surface area contributed by atoms with Crippen molar-refractivity contribution in [3.05, 3.63) is 53.7 Å². The van der Waals surface area contributed by atoms with Crippen LogP contribution >= 0.6 is 11.6 Å². The molecular weight excluding hydrogens is 634 g/mol. The van der Waals surface area contributed by atoms with Crippen molar-refractivity contribution in [2.24, 2.45) is 4.36 Å². The van der Waals surface area contributed by atoms with Crippen molar-refractivity contribution in [1.82, 2.24) is 19.5 Å². The standard InChI is InChI=1S/C31H38ClN5O6SSi/c1-44(2,39)36-21-10-11-23(33-15-21)19-6-8-20(9-7-19)27-22(32)14-24-30(35-27)37(18-40-12-13-45(3,4)5)31(34-24)43-26-17-42-28-25(38)16-41-29(26)28/h6-11,14-15,25-26,28-29,38H,12-13,16-18H2,1-5H3/t25-,26-,28-,29-/m1/s1. The molecule has 0 unspecified atom stereocenters. The third-order valence-corrected chi connectivity index (χ3v) is 10.3. The van der Waals surface area contributed by atoms with E-state index in [1.165, 1.54) is 0 Å². The van der Waals surface area contributed by atoms with E-state index in [9.17, 15) is 9.32 Å². The van der Waals surface area contributed by atoms with Crippen LogP contribution in [0.4, 0.5) is 5.69 Å². The fourth-order valence-corrected chi connectivity index (χ4v) is 6.92. The molecule has 3 aromatic heterocycles. The van der Waals surface area contributed by atoms with Crippen molar-refractivity contribution in [3.8, 4) is 28.5 Å². The van der Waals surface area contributed by atoms with Crippen molar-refractivity contribution in [3.63, 3.8) is 0 Å². The molecule has 4 aromatic rings. The molecular formula is C31H38ClN5O6SSi. The Kier molecular flexibility index (Phi) is 9.05. The fraction of sp³-hybridized carbons (Fsp3) is 0.452. The lowest BCUT2D eigenvalue weighted by Gasteiger charge is -2.19. The molecule has 11 nitrogen and oxygen atoms in total. The summed E-state index contributed by atoms with van der Waals surface area (Å²) in [6.07, 6.45) is 2.89. The van der Waals surface area contributed by atoms with Gasteiger partial charge in [-0.2, -0.15) is 9.35 Å². The Labute approximate surface area is 269 Å². The number of imidazole rings is 1. The van der Waals surface area contributed by atoms with Crippen LogP contribution in [0, 0.1) is 0 Å². The minimum Gasteiger partial charge on any atom is -0.456 e. The van der Waals surface area contributed by atoms with Gasteiger partial charge in [-0.05, 0) is 24.2 Å². The highest BCUT2D eigenvalue weighted by atomic mass is 35.5. The summed E-state index contributed by atoms with van der Waals surface area (Å²) in [4.78, 5) is 14.2. The first-order valence-electron chi connectivity index (χ1n) is 14.8. The molecule has 0 bridgehead atoms. The van der Waals surface area contributed by atoms with E-state index >= 15 is 0 Å². The second-order valence-corrected chi connectivity index (χ2v) is 21.5. The maximum atomic E-state index is 12.0. The van der Waals surface area contributed by atoms with Crippen molar-refractivity contribution in [1.29, 1.82) is 0 Å². The van der Waals surface area contributed by atoms with Gasteiger partial charge in [0, 0.05) is 48.0 Å². The van der Waals surface area contributed by atoms with Gasteiger partial charge in [0.05, 0.1) is 41.5 Å². The van der Waals surface area contributed by atoms with E-state index in [4.69, 9.17) is 40.5 Å². The predicted molar refractivity (Wildman–Crippen MR) is 177 cm³/mol. The van der Waals surface area contributed by atoms with Crippen LogP contribution in [0.5, 0.6) is 6.01 Å². The van der Waals surface area contributed by atoms with Gasteiger partial charge in [-0.3, -0.25) is 9.55 Å². The van der Waals surface area contributed by atoms with Gasteiger partial charge in [0.1, 0.15) is 30.6 Å². The molecule has 5 heterocycles. The number of fused-ring (bicyclic) bond motifs is 2. The average Bonchev–Trinajstić information content (AvgIpc) is 3.65. The summed E-state index contributed by atoms with van der Waals surface area (Å²) in [5, 5.41) is 10.6. The lowest BCUT2D eigenvalue weighted by atomic mass is 10.1. The second-order valence-electron chi connectivity index (χ2n) is 12.9. The highest BCUT2D eigenvalue weighted by Gasteiger charge is 2.49. The summed E-state index contributed by atoms with van der Waals surface area (Å²) < 4.78 is 42.0. The smallest absolute Gasteiger partial charge is 0.301 e. The first kappa shape index (κ1) is 32.0. The van der Waals surface area contributed by atoms with E-state index in [2.05, 4.69) is 29.0 Å². The van der Waals surface area contributed by atoms with Gasteiger partial charge >= 0.3 is 6.01 Å². The van der Waals surface area contributed by atoms with Gasteiger partial charge in [0.15, 0.2) is 11.8 Å². The van der Waals surface area contributed by atoms with Crippen LogP contribution in [0.25, 0.3) is 33.7 Å². The number of hydrogen-bond acceptors (Lipinski definition) is 10. The molecule has 45 heavy (non-hydrogen) atoms. The number of rotatable bonds is 10. The monoisotopic (exact) mass is 671 g/mol. The summed E-state index contributed by atoms with van der Waals surface area (Å²) >= 11 is 6.77. The van der Waals surface area contributed by atoms with Gasteiger partial charge < -0.3 is 24.1 Å². The molecule has 2 saturated heterocycles. The number of aliphatic hydroxyl groups is 1. The average molecular weight is 672 g/mol. The summed E-state index contributed by atoms with van der Waals surface area (Å²) in [7, 11) is -3.55. The largest absolute Gasteiger partial charge is 0.456 e. The summed E-state index contributed by atoms with van der Waals surface area (Å²) in [5.41, 5.74) is 4.82. The molecule has 240 valence electrons. The SMILES string of the molecule is C[Si](C)(C)CCOCn1c(O[C@@H]2CO[C@H]3[C@@H]2OC[C@H]3O)nc2cc(Cl)c(-c3ccc(-c4ccc(N=S(C)(C)=O)cn4)cc3)nc21. The number of aliphatic hydroxyl groups excluding tert-OH is 1. The molecule has 1 aromatic carbocycles. The van der Waals surface area contributed by atoms with E-state index in [0.717, 1.165) is 22.9 Å². The minimum atomic E-state index is -2.26. The minimum absolute atomic E-state index is 0.202. The quantitative estimate of drug-likeness (QED) is 0.174. The topological polar surface area (TPSA) is 130 Å². The zero-order valence-corrected chi connectivity index (χ0v) is 28.5. The molecule has 14 heteroatoms. The molecule has 0 spiro atoms. The van der Waals surface area contributed by atoms with Crippen molar-refractivity contribution >= 4 is 46.3 Å². The third kappa shape index (κ3) is 7.40. The normalized spacial score (nSPS) is 21.8. The van der Waals surface area contributed by atoms with Crippen LogP contribution < -0.4 is 4.74 Å². The summed E-state index contributed by atoms with van der Waals surface area (Å²) in [6, 6.07) is 14.6. The summed E-state index contributed by atoms with van der Waals surface area (Å²) in [6.45, 7) is 8.23. The number of pyridine rings is 2. The first-order chi connectivity index (χ1) is 21.3. The molecule has 2 fully saturated rings. The molecule has 0 saturated carbocycles. The lowest BCUT2D eigenvalue weighted by Crippen LogP contribution is -2.35. The van der Waals surface area contributed by atoms with E-state index in [1.807, 2.05) is 34.9 Å². The van der Waals surface area contributed by atoms with E-state index in [1.54, 1.807) is 30.8 Å². The number of nitrogens with zero attached hydrogens (tertiary/aromatic N) is 5. The number of hydrogen-bond donors (Lipinski definition) is 1. The summed E-state index contributed by atoms with van der Waals surface area (Å²) in [5.74, 6) is 0. The zero-order chi connectivity index (χ0) is 31.9. The number of aromatic nitrogens is 4. The maximum Gasteiger partial charge on any atom is 0.301 e. The van der Waals surface area contributed by atoms with Crippen molar-refractivity contribution < 1.29 is 28.3 Å².